The van der Waals surface area contributed by atoms with Crippen molar-refractivity contribution in [3.05, 3.63) is 56.4 Å². The van der Waals surface area contributed by atoms with Crippen molar-refractivity contribution >= 4 is 50.3 Å². The van der Waals surface area contributed by atoms with Crippen LogP contribution in [0.4, 0.5) is 0 Å². The van der Waals surface area contributed by atoms with E-state index in [-0.39, 0.29) is 0 Å². The van der Waals surface area contributed by atoms with Crippen LogP contribution in [0, 0.1) is 6.92 Å². The summed E-state index contributed by atoms with van der Waals surface area (Å²) < 4.78 is 2.97. The number of fused-ring (bicyclic) bond motifs is 1. The first-order valence-corrected chi connectivity index (χ1v) is 7.52. The Hall–Kier alpha value is -1.10. The third-order valence-corrected chi connectivity index (χ3v) is 4.35. The molecule has 0 N–H and O–H groups in total. The van der Waals surface area contributed by atoms with Gasteiger partial charge in [0, 0.05) is 20.7 Å². The molecule has 0 bridgehead atoms. The minimum atomic E-state index is 0.613. The Bertz CT molecular complexity index is 798. The summed E-state index contributed by atoms with van der Waals surface area (Å²) in [5.41, 5.74) is 2.68. The molecule has 0 spiro atoms. The van der Waals surface area contributed by atoms with Crippen molar-refractivity contribution in [1.29, 1.82) is 0 Å². The van der Waals surface area contributed by atoms with Gasteiger partial charge in [0.05, 0.1) is 6.54 Å². The van der Waals surface area contributed by atoms with Crippen LogP contribution in [0.3, 0.4) is 0 Å². The zero-order valence-corrected chi connectivity index (χ0v) is 13.7. The molecule has 0 amide bonds. The molecular weight excluding hydrogens is 361 g/mol. The Labute approximate surface area is 134 Å². The Kier molecular flexibility index (Phi) is 3.71. The maximum Gasteiger partial charge on any atom is 0.161 e. The van der Waals surface area contributed by atoms with Gasteiger partial charge in [0.15, 0.2) is 5.65 Å². The average molecular weight is 371 g/mol. The summed E-state index contributed by atoms with van der Waals surface area (Å²) in [6.07, 6.45) is 1.76. The second-order valence-corrected chi connectivity index (χ2v) is 6.14. The van der Waals surface area contributed by atoms with Crippen LogP contribution in [0.5, 0.6) is 0 Å². The Morgan fingerprint density at radius 3 is 2.80 bits per heavy atom. The number of pyridine rings is 1. The number of nitrogens with zero attached hydrogens (tertiary/aromatic N) is 3. The van der Waals surface area contributed by atoms with Gasteiger partial charge in [-0.15, -0.1) is 0 Å². The number of aryl methyl sites for hydroxylation is 1. The van der Waals surface area contributed by atoms with Gasteiger partial charge in [0.1, 0.15) is 11.3 Å². The van der Waals surface area contributed by atoms with Crippen molar-refractivity contribution in [3.63, 3.8) is 0 Å². The molecule has 0 saturated heterocycles. The summed E-state index contributed by atoms with van der Waals surface area (Å²) in [5.74, 6) is 0.894. The van der Waals surface area contributed by atoms with Gasteiger partial charge in [-0.05, 0) is 46.6 Å². The van der Waals surface area contributed by atoms with E-state index in [4.69, 9.17) is 23.2 Å². The molecule has 0 aliphatic carbocycles. The van der Waals surface area contributed by atoms with Gasteiger partial charge in [-0.2, -0.15) is 0 Å². The molecule has 20 heavy (non-hydrogen) atoms. The molecule has 3 rings (SSSR count). The monoisotopic (exact) mass is 369 g/mol. The molecule has 6 heteroatoms. The molecule has 0 radical (unpaired) electrons. The zero-order chi connectivity index (χ0) is 14.3. The summed E-state index contributed by atoms with van der Waals surface area (Å²) in [4.78, 5) is 8.95. The highest BCUT2D eigenvalue weighted by molar-refractivity contribution is 9.10. The lowest BCUT2D eigenvalue weighted by atomic mass is 10.2. The van der Waals surface area contributed by atoms with Crippen LogP contribution in [-0.2, 0) is 6.54 Å². The Morgan fingerprint density at radius 1 is 1.25 bits per heavy atom. The molecule has 1 aromatic carbocycles. The summed E-state index contributed by atoms with van der Waals surface area (Å²) in [7, 11) is 0. The highest BCUT2D eigenvalue weighted by Gasteiger charge is 2.12. The lowest BCUT2D eigenvalue weighted by Crippen LogP contribution is -2.03. The highest BCUT2D eigenvalue weighted by Crippen LogP contribution is 2.26. The van der Waals surface area contributed by atoms with E-state index in [1.807, 2.05) is 29.7 Å². The van der Waals surface area contributed by atoms with Gasteiger partial charge in [-0.1, -0.05) is 29.3 Å². The first-order valence-electron chi connectivity index (χ1n) is 5.97. The minimum Gasteiger partial charge on any atom is -0.308 e. The van der Waals surface area contributed by atoms with E-state index in [1.165, 1.54) is 0 Å². The highest BCUT2D eigenvalue weighted by atomic mass is 79.9. The topological polar surface area (TPSA) is 30.7 Å². The summed E-state index contributed by atoms with van der Waals surface area (Å²) >= 11 is 15.7. The van der Waals surface area contributed by atoms with Crippen molar-refractivity contribution in [1.82, 2.24) is 14.5 Å². The smallest absolute Gasteiger partial charge is 0.161 e. The van der Waals surface area contributed by atoms with Crippen molar-refractivity contribution in [3.8, 4) is 0 Å². The maximum atomic E-state index is 6.23. The van der Waals surface area contributed by atoms with Crippen molar-refractivity contribution in [2.75, 3.05) is 0 Å². The standard InChI is InChI=1S/C14H10BrCl2N3/c1-8-19-13-11(15)4-5-18-14(13)20(8)7-9-2-3-10(16)6-12(9)17/h2-6H,7H2,1H3. The number of aromatic nitrogens is 3. The number of imidazole rings is 1. The fourth-order valence-corrected chi connectivity index (χ4v) is 2.96. The van der Waals surface area contributed by atoms with E-state index in [2.05, 4.69) is 25.9 Å². The van der Waals surface area contributed by atoms with Crippen LogP contribution in [0.2, 0.25) is 10.0 Å². The molecule has 0 fully saturated rings. The van der Waals surface area contributed by atoms with E-state index in [0.717, 1.165) is 27.0 Å². The molecule has 3 nitrogen and oxygen atoms in total. The van der Waals surface area contributed by atoms with Crippen LogP contribution in [-0.4, -0.2) is 14.5 Å². The predicted molar refractivity (Wildman–Crippen MR) is 85.5 cm³/mol. The zero-order valence-electron chi connectivity index (χ0n) is 10.6. The first-order chi connectivity index (χ1) is 9.56. The summed E-state index contributed by atoms with van der Waals surface area (Å²) in [6.45, 7) is 2.57. The number of hydrogen-bond donors (Lipinski definition) is 0. The van der Waals surface area contributed by atoms with Gasteiger partial charge in [0.2, 0.25) is 0 Å². The minimum absolute atomic E-state index is 0.613. The van der Waals surface area contributed by atoms with Crippen LogP contribution < -0.4 is 0 Å². The van der Waals surface area contributed by atoms with E-state index in [0.29, 0.717) is 16.6 Å². The van der Waals surface area contributed by atoms with Gasteiger partial charge in [-0.25, -0.2) is 9.97 Å². The molecule has 0 atom stereocenters. The molecule has 0 unspecified atom stereocenters. The van der Waals surface area contributed by atoms with Crippen molar-refractivity contribution in [2.45, 2.75) is 13.5 Å². The van der Waals surface area contributed by atoms with Gasteiger partial charge < -0.3 is 4.57 Å². The second-order valence-electron chi connectivity index (χ2n) is 4.45. The fraction of sp³-hybridized carbons (Fsp3) is 0.143. The molecule has 0 saturated carbocycles. The van der Waals surface area contributed by atoms with Gasteiger partial charge in [-0.3, -0.25) is 0 Å². The van der Waals surface area contributed by atoms with Crippen LogP contribution in [0.15, 0.2) is 34.9 Å². The molecular formula is C14H10BrCl2N3. The molecule has 3 aromatic rings. The van der Waals surface area contributed by atoms with Crippen LogP contribution in [0.1, 0.15) is 11.4 Å². The Morgan fingerprint density at radius 2 is 2.05 bits per heavy atom. The van der Waals surface area contributed by atoms with Gasteiger partial charge >= 0.3 is 0 Å². The van der Waals surface area contributed by atoms with E-state index in [9.17, 15) is 0 Å². The van der Waals surface area contributed by atoms with Gasteiger partial charge in [0.25, 0.3) is 0 Å². The number of benzene rings is 1. The fourth-order valence-electron chi connectivity index (χ4n) is 2.11. The lowest BCUT2D eigenvalue weighted by molar-refractivity contribution is 0.777. The molecule has 0 aliphatic heterocycles. The third-order valence-electron chi connectivity index (χ3n) is 3.12. The predicted octanol–water partition coefficient (Wildman–Crippen LogP) is 4.86. The van der Waals surface area contributed by atoms with Crippen LogP contribution >= 0.6 is 39.1 Å². The van der Waals surface area contributed by atoms with E-state index in [1.54, 1.807) is 12.3 Å². The van der Waals surface area contributed by atoms with Crippen molar-refractivity contribution < 1.29 is 0 Å². The molecule has 2 aromatic heterocycles. The molecule has 0 aliphatic rings. The largest absolute Gasteiger partial charge is 0.308 e. The Balaban J connectivity index is 2.11. The van der Waals surface area contributed by atoms with E-state index < -0.39 is 0 Å². The molecule has 2 heterocycles. The number of halogens is 3. The lowest BCUT2D eigenvalue weighted by Gasteiger charge is -2.08. The quantitative estimate of drug-likeness (QED) is 0.645. The third kappa shape index (κ3) is 2.43. The van der Waals surface area contributed by atoms with Crippen molar-refractivity contribution in [2.24, 2.45) is 0 Å². The molecule has 102 valence electrons. The normalized spacial score (nSPS) is 11.2. The summed E-state index contributed by atoms with van der Waals surface area (Å²) in [5, 5.41) is 1.28. The van der Waals surface area contributed by atoms with E-state index >= 15 is 0 Å². The maximum absolute atomic E-state index is 6.23. The number of hydrogen-bond acceptors (Lipinski definition) is 2. The first kappa shape index (κ1) is 13.9. The SMILES string of the molecule is Cc1nc2c(Br)ccnc2n1Cc1ccc(Cl)cc1Cl. The number of rotatable bonds is 2. The average Bonchev–Trinajstić information content (AvgIpc) is 2.71. The van der Waals surface area contributed by atoms with Crippen LogP contribution in [0.25, 0.3) is 11.2 Å². The second kappa shape index (κ2) is 5.35. The summed E-state index contributed by atoms with van der Waals surface area (Å²) in [6, 6.07) is 7.39.